The number of hydrogen-bond acceptors (Lipinski definition) is 4. The quantitative estimate of drug-likeness (QED) is 0.837. The Balaban J connectivity index is 1.98. The predicted octanol–water partition coefficient (Wildman–Crippen LogP) is 3.38. The lowest BCUT2D eigenvalue weighted by molar-refractivity contribution is 0.660. The van der Waals surface area contributed by atoms with Gasteiger partial charge in [-0.25, -0.2) is 4.98 Å². The molecule has 0 radical (unpaired) electrons. The zero-order chi connectivity index (χ0) is 13.1. The number of rotatable bonds is 2. The summed E-state index contributed by atoms with van der Waals surface area (Å²) in [7, 11) is 0. The highest BCUT2D eigenvalue weighted by Gasteiger charge is 2.15. The molecule has 0 saturated heterocycles. The largest absolute Gasteiger partial charge is 0.265 e. The van der Waals surface area contributed by atoms with Crippen LogP contribution in [0.1, 0.15) is 29.7 Å². The second-order valence-electron chi connectivity index (χ2n) is 4.55. The van der Waals surface area contributed by atoms with Crippen LogP contribution in [0.25, 0.3) is 0 Å². The second kappa shape index (κ2) is 5.41. The first-order valence-electron chi connectivity index (χ1n) is 6.37. The molecule has 2 heterocycles. The van der Waals surface area contributed by atoms with Gasteiger partial charge in [0.25, 0.3) is 0 Å². The van der Waals surface area contributed by atoms with Gasteiger partial charge < -0.3 is 0 Å². The number of aryl methyl sites for hydroxylation is 2. The normalized spacial score (nSPS) is 13.6. The van der Waals surface area contributed by atoms with Crippen molar-refractivity contribution >= 4 is 11.8 Å². The fourth-order valence-corrected chi connectivity index (χ4v) is 3.14. The molecule has 0 amide bonds. The van der Waals surface area contributed by atoms with E-state index in [1.807, 2.05) is 18.2 Å². The molecule has 3 rings (SSSR count). The highest BCUT2D eigenvalue weighted by molar-refractivity contribution is 7.99. The first-order valence-corrected chi connectivity index (χ1v) is 7.19. The summed E-state index contributed by atoms with van der Waals surface area (Å²) < 4.78 is 0. The molecule has 0 aromatic carbocycles. The van der Waals surface area contributed by atoms with Gasteiger partial charge in [-0.1, -0.05) is 11.8 Å². The molecule has 0 fully saturated rings. The van der Waals surface area contributed by atoms with Crippen LogP contribution in [0.4, 0.5) is 0 Å². The Kier molecular flexibility index (Phi) is 3.47. The molecule has 1 aliphatic rings. The van der Waals surface area contributed by atoms with Crippen molar-refractivity contribution in [2.45, 2.75) is 35.6 Å². The summed E-state index contributed by atoms with van der Waals surface area (Å²) >= 11 is 1.54. The lowest BCUT2D eigenvalue weighted by Gasteiger charge is -2.16. The van der Waals surface area contributed by atoms with E-state index in [2.05, 4.69) is 11.1 Å². The third-order valence-electron chi connectivity index (χ3n) is 3.25. The van der Waals surface area contributed by atoms with Gasteiger partial charge >= 0.3 is 0 Å². The van der Waals surface area contributed by atoms with Crippen LogP contribution < -0.4 is 0 Å². The second-order valence-corrected chi connectivity index (χ2v) is 5.61. The molecule has 0 N–H and O–H groups in total. The maximum Gasteiger partial charge on any atom is 0.119 e. The summed E-state index contributed by atoms with van der Waals surface area (Å²) in [6.07, 6.45) is 8.00. The van der Waals surface area contributed by atoms with E-state index in [9.17, 15) is 5.26 Å². The molecule has 94 valence electrons. The van der Waals surface area contributed by atoms with E-state index in [0.29, 0.717) is 5.56 Å². The van der Waals surface area contributed by atoms with Crippen molar-refractivity contribution in [3.63, 3.8) is 0 Å². The summed E-state index contributed by atoms with van der Waals surface area (Å²) in [5.74, 6) is 0. The molecular formula is C15H13N3S. The Labute approximate surface area is 116 Å². The van der Waals surface area contributed by atoms with E-state index in [1.165, 1.54) is 35.9 Å². The highest BCUT2D eigenvalue weighted by atomic mass is 32.2. The van der Waals surface area contributed by atoms with Gasteiger partial charge in [0.15, 0.2) is 0 Å². The predicted molar refractivity (Wildman–Crippen MR) is 74.0 cm³/mol. The van der Waals surface area contributed by atoms with Gasteiger partial charge in [-0.05, 0) is 49.4 Å². The van der Waals surface area contributed by atoms with Crippen molar-refractivity contribution in [2.24, 2.45) is 0 Å². The number of pyridine rings is 2. The maximum absolute atomic E-state index is 9.28. The molecule has 0 bridgehead atoms. The standard InChI is InChI=1S/C15H13N3S/c16-10-12-9-11-3-1-2-4-14(11)18-15(12)19-13-5-7-17-8-6-13/h5-9H,1-4H2. The number of aromatic nitrogens is 2. The van der Waals surface area contributed by atoms with Gasteiger partial charge in [-0.3, -0.25) is 4.98 Å². The topological polar surface area (TPSA) is 49.6 Å². The zero-order valence-corrected chi connectivity index (χ0v) is 11.3. The van der Waals surface area contributed by atoms with Gasteiger partial charge in [-0.15, -0.1) is 0 Å². The minimum Gasteiger partial charge on any atom is -0.265 e. The Bertz CT molecular complexity index is 632. The van der Waals surface area contributed by atoms with Crippen molar-refractivity contribution in [2.75, 3.05) is 0 Å². The molecule has 0 aliphatic heterocycles. The van der Waals surface area contributed by atoms with Crippen LogP contribution in [-0.2, 0) is 12.8 Å². The number of nitriles is 1. The van der Waals surface area contributed by atoms with E-state index in [-0.39, 0.29) is 0 Å². The van der Waals surface area contributed by atoms with Crippen molar-refractivity contribution in [3.8, 4) is 6.07 Å². The van der Waals surface area contributed by atoms with Crippen LogP contribution in [0.3, 0.4) is 0 Å². The monoisotopic (exact) mass is 267 g/mol. The van der Waals surface area contributed by atoms with Crippen molar-refractivity contribution < 1.29 is 0 Å². The van der Waals surface area contributed by atoms with Crippen molar-refractivity contribution in [3.05, 3.63) is 47.4 Å². The number of fused-ring (bicyclic) bond motifs is 1. The van der Waals surface area contributed by atoms with Crippen LogP contribution in [0.2, 0.25) is 0 Å². The molecule has 0 atom stereocenters. The fraction of sp³-hybridized carbons (Fsp3) is 0.267. The Morgan fingerprint density at radius 2 is 1.95 bits per heavy atom. The maximum atomic E-state index is 9.28. The van der Waals surface area contributed by atoms with E-state index >= 15 is 0 Å². The van der Waals surface area contributed by atoms with E-state index < -0.39 is 0 Å². The van der Waals surface area contributed by atoms with Gasteiger partial charge in [0.1, 0.15) is 11.1 Å². The minimum absolute atomic E-state index is 0.683. The molecule has 1 aliphatic carbocycles. The minimum atomic E-state index is 0.683. The summed E-state index contributed by atoms with van der Waals surface area (Å²) in [5, 5.41) is 10.1. The van der Waals surface area contributed by atoms with Crippen molar-refractivity contribution in [1.82, 2.24) is 9.97 Å². The average Bonchev–Trinajstić information content (AvgIpc) is 2.47. The third kappa shape index (κ3) is 2.61. The first kappa shape index (κ1) is 12.2. The van der Waals surface area contributed by atoms with Crippen LogP contribution in [0.15, 0.2) is 40.5 Å². The Morgan fingerprint density at radius 3 is 2.74 bits per heavy atom. The van der Waals surface area contributed by atoms with Crippen molar-refractivity contribution in [1.29, 1.82) is 5.26 Å². The molecular weight excluding hydrogens is 254 g/mol. The average molecular weight is 267 g/mol. The Hall–Kier alpha value is -1.86. The molecule has 0 unspecified atom stereocenters. The molecule has 19 heavy (non-hydrogen) atoms. The summed E-state index contributed by atoms with van der Waals surface area (Å²) in [5.41, 5.74) is 3.10. The van der Waals surface area contributed by atoms with Crippen LogP contribution in [-0.4, -0.2) is 9.97 Å². The summed E-state index contributed by atoms with van der Waals surface area (Å²) in [6, 6.07) is 8.16. The fourth-order valence-electron chi connectivity index (χ4n) is 2.29. The van der Waals surface area contributed by atoms with Crippen LogP contribution in [0.5, 0.6) is 0 Å². The third-order valence-corrected chi connectivity index (χ3v) is 4.26. The SMILES string of the molecule is N#Cc1cc2c(nc1Sc1ccncc1)CCCC2. The van der Waals surface area contributed by atoms with E-state index in [1.54, 1.807) is 12.4 Å². The van der Waals surface area contributed by atoms with Gasteiger partial charge in [0.2, 0.25) is 0 Å². The van der Waals surface area contributed by atoms with Crippen LogP contribution in [0, 0.1) is 11.3 Å². The highest BCUT2D eigenvalue weighted by Crippen LogP contribution is 2.31. The van der Waals surface area contributed by atoms with Gasteiger partial charge in [0, 0.05) is 23.0 Å². The zero-order valence-electron chi connectivity index (χ0n) is 10.5. The van der Waals surface area contributed by atoms with Crippen LogP contribution >= 0.6 is 11.8 Å². The smallest absolute Gasteiger partial charge is 0.119 e. The molecule has 2 aromatic rings. The van der Waals surface area contributed by atoms with Gasteiger partial charge in [-0.2, -0.15) is 5.26 Å². The van der Waals surface area contributed by atoms with Gasteiger partial charge in [0.05, 0.1) is 5.56 Å². The number of nitrogens with zero attached hydrogens (tertiary/aromatic N) is 3. The molecule has 2 aromatic heterocycles. The molecule has 0 saturated carbocycles. The lowest BCUT2D eigenvalue weighted by atomic mass is 9.95. The molecule has 4 heteroatoms. The molecule has 3 nitrogen and oxygen atoms in total. The first-order chi connectivity index (χ1) is 9.36. The summed E-state index contributed by atoms with van der Waals surface area (Å²) in [6.45, 7) is 0. The Morgan fingerprint density at radius 1 is 1.16 bits per heavy atom. The summed E-state index contributed by atoms with van der Waals surface area (Å²) in [4.78, 5) is 9.77. The molecule has 0 spiro atoms. The van der Waals surface area contributed by atoms with E-state index in [0.717, 1.165) is 22.8 Å². The number of hydrogen-bond donors (Lipinski definition) is 0. The lowest BCUT2D eigenvalue weighted by Crippen LogP contribution is -2.07. The van der Waals surface area contributed by atoms with E-state index in [4.69, 9.17) is 4.98 Å².